The highest BCUT2D eigenvalue weighted by Gasteiger charge is 2.28. The molecule has 22 heavy (non-hydrogen) atoms. The van der Waals surface area contributed by atoms with Crippen LogP contribution in [0.25, 0.3) is 0 Å². The van der Waals surface area contributed by atoms with Crippen molar-refractivity contribution < 1.29 is 14.7 Å². The highest BCUT2D eigenvalue weighted by molar-refractivity contribution is 6.54. The summed E-state index contributed by atoms with van der Waals surface area (Å²) in [7, 11) is 0. The predicted octanol–water partition coefficient (Wildman–Crippen LogP) is 5.25. The predicted molar refractivity (Wildman–Crippen MR) is 87.8 cm³/mol. The Labute approximate surface area is 145 Å². The van der Waals surface area contributed by atoms with Crippen molar-refractivity contribution in [1.29, 1.82) is 0 Å². The molecule has 0 atom stereocenters. The number of nitrogens with one attached hydrogen (secondary N) is 1. The average Bonchev–Trinajstić information content (AvgIpc) is 2.49. The molecule has 2 aromatic rings. The van der Waals surface area contributed by atoms with E-state index in [0.29, 0.717) is 5.69 Å². The summed E-state index contributed by atoms with van der Waals surface area (Å²) in [4.78, 5) is 23.7. The van der Waals surface area contributed by atoms with Crippen LogP contribution >= 0.6 is 46.4 Å². The Bertz CT molecular complexity index is 763. The summed E-state index contributed by atoms with van der Waals surface area (Å²) in [5.41, 5.74) is -0.394. The van der Waals surface area contributed by atoms with Crippen molar-refractivity contribution in [3.8, 4) is 0 Å². The third-order valence-corrected chi connectivity index (χ3v) is 4.54. The van der Waals surface area contributed by atoms with E-state index in [0.717, 1.165) is 0 Å². The van der Waals surface area contributed by atoms with Gasteiger partial charge in [-0.1, -0.05) is 64.6 Å². The number of rotatable bonds is 3. The van der Waals surface area contributed by atoms with E-state index < -0.39 is 17.4 Å². The lowest BCUT2D eigenvalue weighted by Gasteiger charge is -2.13. The number of carboxylic acid groups (broad SMARTS) is 1. The van der Waals surface area contributed by atoms with Crippen LogP contribution in [0.1, 0.15) is 20.7 Å². The van der Waals surface area contributed by atoms with Crippen LogP contribution in [0.3, 0.4) is 0 Å². The van der Waals surface area contributed by atoms with Gasteiger partial charge in [0, 0.05) is 5.69 Å². The molecule has 0 aliphatic rings. The Kier molecular flexibility index (Phi) is 5.19. The number of anilines is 1. The van der Waals surface area contributed by atoms with Gasteiger partial charge in [-0.15, -0.1) is 0 Å². The molecule has 1 amide bonds. The molecular formula is C14H7Cl4NO3. The summed E-state index contributed by atoms with van der Waals surface area (Å²) in [6.45, 7) is 0. The number of carbonyl (C=O) groups is 2. The Balaban J connectivity index is 2.59. The first-order valence-corrected chi connectivity index (χ1v) is 7.31. The first-order valence-electron chi connectivity index (χ1n) is 5.80. The molecule has 0 radical (unpaired) electrons. The molecule has 2 aromatic carbocycles. The van der Waals surface area contributed by atoms with Gasteiger partial charge in [0.25, 0.3) is 5.91 Å². The van der Waals surface area contributed by atoms with Gasteiger partial charge in [-0.2, -0.15) is 0 Å². The van der Waals surface area contributed by atoms with Gasteiger partial charge in [-0.05, 0) is 12.1 Å². The molecule has 0 fully saturated rings. The number of amides is 1. The van der Waals surface area contributed by atoms with Crippen LogP contribution in [-0.2, 0) is 0 Å². The van der Waals surface area contributed by atoms with Crippen molar-refractivity contribution in [2.75, 3.05) is 5.32 Å². The number of halogens is 4. The second kappa shape index (κ2) is 6.75. The topological polar surface area (TPSA) is 66.4 Å². The van der Waals surface area contributed by atoms with Crippen LogP contribution in [0.4, 0.5) is 5.69 Å². The molecule has 0 saturated carbocycles. The number of carboxylic acids is 1. The minimum Gasteiger partial charge on any atom is -0.478 e. The molecular weight excluding hydrogens is 372 g/mol. The summed E-state index contributed by atoms with van der Waals surface area (Å²) in [6, 6.07) is 8.44. The maximum Gasteiger partial charge on any atom is 0.338 e. The average molecular weight is 379 g/mol. The fraction of sp³-hybridized carbons (Fsp3) is 0. The van der Waals surface area contributed by atoms with Crippen LogP contribution in [-0.4, -0.2) is 17.0 Å². The van der Waals surface area contributed by atoms with Gasteiger partial charge in [0.05, 0.1) is 31.2 Å². The van der Waals surface area contributed by atoms with E-state index in [1.165, 1.54) is 0 Å². The minimum absolute atomic E-state index is 0.184. The second-order valence-corrected chi connectivity index (χ2v) is 5.64. The Morgan fingerprint density at radius 3 is 1.82 bits per heavy atom. The largest absolute Gasteiger partial charge is 0.478 e. The highest BCUT2D eigenvalue weighted by atomic mass is 35.5. The number of para-hydroxylation sites is 1. The van der Waals surface area contributed by atoms with Gasteiger partial charge in [-0.3, -0.25) is 4.79 Å². The third kappa shape index (κ3) is 3.15. The molecule has 0 bridgehead atoms. The fourth-order valence-electron chi connectivity index (χ4n) is 1.76. The molecule has 8 heteroatoms. The smallest absolute Gasteiger partial charge is 0.338 e. The minimum atomic E-state index is -1.44. The van der Waals surface area contributed by atoms with E-state index >= 15 is 0 Å². The lowest BCUT2D eigenvalue weighted by Crippen LogP contribution is -2.18. The summed E-state index contributed by atoms with van der Waals surface area (Å²) in [5, 5.41) is 10.8. The van der Waals surface area contributed by atoms with Gasteiger partial charge in [0.2, 0.25) is 0 Å². The molecule has 4 nitrogen and oxygen atoms in total. The van der Waals surface area contributed by atoms with Crippen molar-refractivity contribution in [2.24, 2.45) is 0 Å². The lowest BCUT2D eigenvalue weighted by molar-refractivity contribution is 0.0692. The molecule has 0 aliphatic heterocycles. The van der Waals surface area contributed by atoms with Crippen LogP contribution in [0.2, 0.25) is 20.1 Å². The number of aromatic carboxylic acids is 1. The van der Waals surface area contributed by atoms with Gasteiger partial charge in [0.15, 0.2) is 0 Å². The summed E-state index contributed by atoms with van der Waals surface area (Å²) in [5.74, 6) is -2.20. The van der Waals surface area contributed by atoms with E-state index in [1.54, 1.807) is 30.3 Å². The van der Waals surface area contributed by atoms with E-state index in [-0.39, 0.29) is 25.7 Å². The SMILES string of the molecule is O=C(O)c1c(Cl)c(Cl)c(Cl)c(Cl)c1C(=O)Nc1ccccc1. The molecule has 0 unspecified atom stereocenters. The second-order valence-electron chi connectivity index (χ2n) is 4.13. The van der Waals surface area contributed by atoms with E-state index in [4.69, 9.17) is 46.4 Å². The Morgan fingerprint density at radius 1 is 0.818 bits per heavy atom. The van der Waals surface area contributed by atoms with Crippen LogP contribution < -0.4 is 5.32 Å². The zero-order valence-electron chi connectivity index (χ0n) is 10.7. The number of carbonyl (C=O) groups excluding carboxylic acids is 1. The van der Waals surface area contributed by atoms with Gasteiger partial charge < -0.3 is 10.4 Å². The quantitative estimate of drug-likeness (QED) is 0.566. The third-order valence-electron chi connectivity index (χ3n) is 2.74. The number of hydrogen-bond acceptors (Lipinski definition) is 2. The molecule has 0 aromatic heterocycles. The molecule has 0 saturated heterocycles. The van der Waals surface area contributed by atoms with Gasteiger partial charge in [-0.25, -0.2) is 4.79 Å². The Morgan fingerprint density at radius 2 is 1.32 bits per heavy atom. The fourth-order valence-corrected chi connectivity index (χ4v) is 2.78. The molecule has 114 valence electrons. The lowest BCUT2D eigenvalue weighted by atomic mass is 10.1. The van der Waals surface area contributed by atoms with E-state index in [9.17, 15) is 14.7 Å². The zero-order chi connectivity index (χ0) is 16.4. The standard InChI is InChI=1S/C14H7Cl4NO3/c15-9-7(13(20)19-6-4-2-1-3-5-6)8(14(21)22)10(16)12(18)11(9)17/h1-5H,(H,19,20)(H,21,22). The molecule has 2 rings (SSSR count). The van der Waals surface area contributed by atoms with Gasteiger partial charge >= 0.3 is 5.97 Å². The number of hydrogen-bond donors (Lipinski definition) is 2. The van der Waals surface area contributed by atoms with Gasteiger partial charge in [0.1, 0.15) is 0 Å². The first kappa shape index (κ1) is 16.9. The van der Waals surface area contributed by atoms with Crippen molar-refractivity contribution >= 4 is 64.0 Å². The summed E-state index contributed by atoms with van der Waals surface area (Å²) < 4.78 is 0. The monoisotopic (exact) mass is 377 g/mol. The Hall–Kier alpha value is -1.46. The van der Waals surface area contributed by atoms with E-state index in [1.807, 2.05) is 0 Å². The maximum atomic E-state index is 12.4. The normalized spacial score (nSPS) is 10.4. The molecule has 0 aliphatic carbocycles. The van der Waals surface area contributed by atoms with Crippen LogP contribution in [0, 0.1) is 0 Å². The summed E-state index contributed by atoms with van der Waals surface area (Å²) >= 11 is 23.6. The molecule has 0 spiro atoms. The van der Waals surface area contributed by atoms with Crippen molar-refractivity contribution in [2.45, 2.75) is 0 Å². The van der Waals surface area contributed by atoms with Crippen molar-refractivity contribution in [3.05, 3.63) is 61.5 Å². The molecule has 2 N–H and O–H groups in total. The van der Waals surface area contributed by atoms with Crippen LogP contribution in [0.5, 0.6) is 0 Å². The van der Waals surface area contributed by atoms with Crippen molar-refractivity contribution in [1.82, 2.24) is 0 Å². The first-order chi connectivity index (χ1) is 10.3. The van der Waals surface area contributed by atoms with E-state index in [2.05, 4.69) is 5.32 Å². The maximum absolute atomic E-state index is 12.4. The molecule has 0 heterocycles. The number of benzene rings is 2. The zero-order valence-corrected chi connectivity index (χ0v) is 13.7. The van der Waals surface area contributed by atoms with Crippen molar-refractivity contribution in [3.63, 3.8) is 0 Å². The summed E-state index contributed by atoms with van der Waals surface area (Å²) in [6.07, 6.45) is 0. The van der Waals surface area contributed by atoms with Crippen LogP contribution in [0.15, 0.2) is 30.3 Å². The highest BCUT2D eigenvalue weighted by Crippen LogP contribution is 2.41.